The molecule has 1 aliphatic rings. The summed E-state index contributed by atoms with van der Waals surface area (Å²) in [6.45, 7) is 9.73. The van der Waals surface area contributed by atoms with E-state index in [4.69, 9.17) is 0 Å². The molecule has 0 bridgehead atoms. The van der Waals surface area contributed by atoms with Crippen molar-refractivity contribution in [1.29, 1.82) is 0 Å². The van der Waals surface area contributed by atoms with Crippen LogP contribution in [0.4, 0.5) is 0 Å². The van der Waals surface area contributed by atoms with Crippen LogP contribution in [0.25, 0.3) is 17.0 Å². The number of fused-ring (bicyclic) bond motifs is 4. The minimum absolute atomic E-state index is 0.0605. The van der Waals surface area contributed by atoms with Crippen LogP contribution >= 0.6 is 11.8 Å². The molecule has 0 atom stereocenters. The third-order valence-corrected chi connectivity index (χ3v) is 7.84. The molecule has 0 N–H and O–H groups in total. The number of hydrogen-bond acceptors (Lipinski definition) is 4. The molecule has 0 radical (unpaired) electrons. The molecule has 3 aromatic rings. The van der Waals surface area contributed by atoms with Gasteiger partial charge in [-0.1, -0.05) is 102 Å². The first-order valence-electron chi connectivity index (χ1n) is 12.7. The molecule has 0 amide bonds. The van der Waals surface area contributed by atoms with Crippen LogP contribution in [0.15, 0.2) is 34.2 Å². The molecule has 1 aliphatic carbocycles. The van der Waals surface area contributed by atoms with Crippen molar-refractivity contribution < 1.29 is 0 Å². The lowest BCUT2D eigenvalue weighted by Gasteiger charge is -2.35. The molecular weight excluding hydrogens is 428 g/mol. The second kappa shape index (κ2) is 10.5. The van der Waals surface area contributed by atoms with Gasteiger partial charge < -0.3 is 4.57 Å². The summed E-state index contributed by atoms with van der Waals surface area (Å²) in [6.07, 6.45) is 10.4. The monoisotopic (exact) mass is 466 g/mol. The van der Waals surface area contributed by atoms with E-state index in [9.17, 15) is 4.79 Å². The molecule has 178 valence electrons. The zero-order valence-electron chi connectivity index (χ0n) is 20.7. The summed E-state index contributed by atoms with van der Waals surface area (Å²) in [5.74, 6) is 1.67. The highest BCUT2D eigenvalue weighted by atomic mass is 32.2. The third-order valence-electron chi connectivity index (χ3n) is 6.83. The Kier molecular flexibility index (Phi) is 7.62. The van der Waals surface area contributed by atoms with Gasteiger partial charge in [-0.2, -0.15) is 0 Å². The Balaban J connectivity index is 1.85. The van der Waals surface area contributed by atoms with Gasteiger partial charge in [0.2, 0.25) is 5.78 Å². The number of unbranched alkanes of at least 4 members (excludes halogenated alkanes) is 6. The molecule has 33 heavy (non-hydrogen) atoms. The number of aryl methyl sites for hydroxylation is 1. The van der Waals surface area contributed by atoms with E-state index in [1.54, 1.807) is 16.2 Å². The van der Waals surface area contributed by atoms with Gasteiger partial charge in [0, 0.05) is 28.8 Å². The predicted octanol–water partition coefficient (Wildman–Crippen LogP) is 6.64. The summed E-state index contributed by atoms with van der Waals surface area (Å²) in [5.41, 5.74) is 4.28. The number of aromatic nitrogens is 4. The van der Waals surface area contributed by atoms with Crippen molar-refractivity contribution in [2.75, 3.05) is 5.75 Å². The highest BCUT2D eigenvalue weighted by Crippen LogP contribution is 2.42. The maximum atomic E-state index is 14.0. The SMILES string of the molecule is CCCCCCSc1nnc2n(CCCCCC)c3c(c(=O)n12)C(C)(C)Cc1ccccc1-3. The first-order chi connectivity index (χ1) is 16.0. The molecule has 0 saturated carbocycles. The molecule has 2 heterocycles. The Morgan fingerprint density at radius 2 is 1.70 bits per heavy atom. The molecule has 5 nitrogen and oxygen atoms in total. The van der Waals surface area contributed by atoms with Crippen molar-refractivity contribution in [3.05, 3.63) is 45.7 Å². The zero-order chi connectivity index (χ0) is 23.4. The lowest BCUT2D eigenvalue weighted by Crippen LogP contribution is -2.38. The Bertz CT molecular complexity index is 1160. The van der Waals surface area contributed by atoms with Gasteiger partial charge in [-0.25, -0.2) is 4.40 Å². The predicted molar refractivity (Wildman–Crippen MR) is 138 cm³/mol. The summed E-state index contributed by atoms with van der Waals surface area (Å²) in [5, 5.41) is 9.83. The molecule has 0 saturated heterocycles. The van der Waals surface area contributed by atoms with Crippen molar-refractivity contribution in [2.45, 2.75) is 103 Å². The summed E-state index contributed by atoms with van der Waals surface area (Å²) < 4.78 is 4.10. The van der Waals surface area contributed by atoms with Gasteiger partial charge in [0.25, 0.3) is 5.56 Å². The van der Waals surface area contributed by atoms with Crippen LogP contribution in [0.1, 0.15) is 90.2 Å². The molecule has 2 aromatic heterocycles. The maximum absolute atomic E-state index is 14.0. The quantitative estimate of drug-likeness (QED) is 0.235. The lowest BCUT2D eigenvalue weighted by molar-refractivity contribution is 0.492. The first-order valence-corrected chi connectivity index (χ1v) is 13.7. The van der Waals surface area contributed by atoms with Crippen LogP contribution in [-0.4, -0.2) is 24.9 Å². The largest absolute Gasteiger partial charge is 0.309 e. The van der Waals surface area contributed by atoms with Gasteiger partial charge >= 0.3 is 0 Å². The second-order valence-corrected chi connectivity index (χ2v) is 11.0. The minimum Gasteiger partial charge on any atom is -0.309 e. The molecular formula is C27H38N4OS. The van der Waals surface area contributed by atoms with E-state index in [0.29, 0.717) is 5.78 Å². The fourth-order valence-electron chi connectivity index (χ4n) is 5.12. The Morgan fingerprint density at radius 1 is 0.970 bits per heavy atom. The van der Waals surface area contributed by atoms with E-state index in [0.717, 1.165) is 48.0 Å². The second-order valence-electron chi connectivity index (χ2n) is 9.99. The average Bonchev–Trinajstić information content (AvgIpc) is 3.21. The topological polar surface area (TPSA) is 52.2 Å². The molecule has 6 heteroatoms. The number of hydrogen-bond donors (Lipinski definition) is 0. The van der Waals surface area contributed by atoms with Crippen molar-refractivity contribution in [3.63, 3.8) is 0 Å². The van der Waals surface area contributed by atoms with E-state index in [2.05, 4.69) is 66.7 Å². The van der Waals surface area contributed by atoms with Crippen LogP contribution in [0, 0.1) is 0 Å². The van der Waals surface area contributed by atoms with Crippen molar-refractivity contribution >= 4 is 17.5 Å². The van der Waals surface area contributed by atoms with E-state index in [1.807, 2.05) is 0 Å². The Labute approximate surface area is 202 Å². The first kappa shape index (κ1) is 24.1. The third kappa shape index (κ3) is 4.77. The molecule has 4 rings (SSSR count). The van der Waals surface area contributed by atoms with Gasteiger partial charge in [-0.15, -0.1) is 10.2 Å². The van der Waals surface area contributed by atoms with Crippen LogP contribution in [-0.2, 0) is 18.4 Å². The number of nitrogens with zero attached hydrogens (tertiary/aromatic N) is 4. The van der Waals surface area contributed by atoms with Crippen molar-refractivity contribution in [2.24, 2.45) is 0 Å². The highest BCUT2D eigenvalue weighted by molar-refractivity contribution is 7.99. The fourth-order valence-corrected chi connectivity index (χ4v) is 6.04. The lowest BCUT2D eigenvalue weighted by atomic mass is 9.72. The summed E-state index contributed by atoms with van der Waals surface area (Å²) >= 11 is 1.67. The average molecular weight is 467 g/mol. The van der Waals surface area contributed by atoms with Crippen LogP contribution < -0.4 is 5.56 Å². The van der Waals surface area contributed by atoms with Gasteiger partial charge in [-0.3, -0.25) is 4.79 Å². The fraction of sp³-hybridized carbons (Fsp3) is 0.593. The van der Waals surface area contributed by atoms with E-state index >= 15 is 0 Å². The van der Waals surface area contributed by atoms with Crippen LogP contribution in [0.5, 0.6) is 0 Å². The van der Waals surface area contributed by atoms with Gasteiger partial charge in [0.15, 0.2) is 5.16 Å². The van der Waals surface area contributed by atoms with Crippen molar-refractivity contribution in [1.82, 2.24) is 19.2 Å². The summed E-state index contributed by atoms with van der Waals surface area (Å²) in [7, 11) is 0. The highest BCUT2D eigenvalue weighted by Gasteiger charge is 2.37. The van der Waals surface area contributed by atoms with E-state index in [1.165, 1.54) is 49.7 Å². The maximum Gasteiger partial charge on any atom is 0.265 e. The minimum atomic E-state index is -0.243. The van der Waals surface area contributed by atoms with E-state index < -0.39 is 0 Å². The normalized spacial score (nSPS) is 14.4. The number of benzene rings is 1. The zero-order valence-corrected chi connectivity index (χ0v) is 21.5. The number of rotatable bonds is 11. The van der Waals surface area contributed by atoms with Crippen molar-refractivity contribution in [3.8, 4) is 11.3 Å². The summed E-state index contributed by atoms with van der Waals surface area (Å²) in [6, 6.07) is 8.56. The smallest absolute Gasteiger partial charge is 0.265 e. The van der Waals surface area contributed by atoms with Gasteiger partial charge in [0.05, 0.1) is 5.69 Å². The van der Waals surface area contributed by atoms with Gasteiger partial charge in [-0.05, 0) is 24.8 Å². The number of thioether (sulfide) groups is 1. The van der Waals surface area contributed by atoms with Crippen LogP contribution in [0.3, 0.4) is 0 Å². The Morgan fingerprint density at radius 3 is 2.45 bits per heavy atom. The molecule has 0 aliphatic heterocycles. The van der Waals surface area contributed by atoms with E-state index in [-0.39, 0.29) is 11.0 Å². The molecule has 0 spiro atoms. The van der Waals surface area contributed by atoms with Crippen LogP contribution in [0.2, 0.25) is 0 Å². The standard InChI is InChI=1S/C27H38N4OS/c1-5-7-9-13-17-30-23-21-16-12-11-15-20(21)19-27(3,4)22(23)24(32)31-25(30)28-29-26(31)33-18-14-10-8-6-2/h11-12,15-16H,5-10,13-14,17-19H2,1-4H3. The van der Waals surface area contributed by atoms with Gasteiger partial charge in [0.1, 0.15) is 0 Å². The Hall–Kier alpha value is -2.08. The molecule has 1 aromatic carbocycles. The molecule has 0 unspecified atom stereocenters. The molecule has 0 fully saturated rings. The summed E-state index contributed by atoms with van der Waals surface area (Å²) in [4.78, 5) is 14.0.